The maximum atomic E-state index is 12.3. The van der Waals surface area contributed by atoms with Crippen molar-refractivity contribution in [3.8, 4) is 0 Å². The maximum absolute atomic E-state index is 12.3. The highest BCUT2D eigenvalue weighted by Crippen LogP contribution is 2.39. The standard InChI is InChI=1S/C17H17ClN2O/c18-14-9-3-4-10-15(14)20-17(16(19)21)11-5-7-12-6-1-2-8-13(12)17/h1-4,6,8-10,20H,5,7,11H2,(H2,19,21). The van der Waals surface area contributed by atoms with Crippen LogP contribution in [0.3, 0.4) is 0 Å². The number of anilines is 1. The number of aryl methyl sites for hydroxylation is 1. The Morgan fingerprint density at radius 2 is 1.86 bits per heavy atom. The van der Waals surface area contributed by atoms with Gasteiger partial charge < -0.3 is 11.1 Å². The van der Waals surface area contributed by atoms with Crippen molar-refractivity contribution in [1.29, 1.82) is 0 Å². The summed E-state index contributed by atoms with van der Waals surface area (Å²) in [5, 5.41) is 3.90. The zero-order valence-corrected chi connectivity index (χ0v) is 12.4. The van der Waals surface area contributed by atoms with E-state index in [2.05, 4.69) is 11.4 Å². The Morgan fingerprint density at radius 1 is 1.14 bits per heavy atom. The number of primary amides is 1. The summed E-state index contributed by atoms with van der Waals surface area (Å²) in [4.78, 5) is 12.3. The molecule has 1 atom stereocenters. The van der Waals surface area contributed by atoms with Crippen molar-refractivity contribution >= 4 is 23.2 Å². The van der Waals surface area contributed by atoms with E-state index in [9.17, 15) is 4.79 Å². The van der Waals surface area contributed by atoms with Gasteiger partial charge in [-0.1, -0.05) is 48.0 Å². The number of carbonyl (C=O) groups excluding carboxylic acids is 1. The normalized spacial score (nSPS) is 20.6. The second-order valence-corrected chi connectivity index (χ2v) is 5.79. The summed E-state index contributed by atoms with van der Waals surface area (Å²) < 4.78 is 0. The predicted molar refractivity (Wildman–Crippen MR) is 85.3 cm³/mol. The van der Waals surface area contributed by atoms with Crippen molar-refractivity contribution in [3.63, 3.8) is 0 Å². The molecule has 0 aromatic heterocycles. The van der Waals surface area contributed by atoms with Crippen molar-refractivity contribution < 1.29 is 4.79 Å². The fourth-order valence-electron chi connectivity index (χ4n) is 3.07. The largest absolute Gasteiger partial charge is 0.367 e. The molecule has 3 nitrogen and oxygen atoms in total. The van der Waals surface area contributed by atoms with Gasteiger partial charge in [-0.25, -0.2) is 0 Å². The van der Waals surface area contributed by atoms with E-state index in [4.69, 9.17) is 17.3 Å². The van der Waals surface area contributed by atoms with Crippen LogP contribution >= 0.6 is 11.6 Å². The Bertz CT molecular complexity index is 686. The van der Waals surface area contributed by atoms with E-state index in [1.807, 2.05) is 36.4 Å². The Labute approximate surface area is 129 Å². The third kappa shape index (κ3) is 2.38. The summed E-state index contributed by atoms with van der Waals surface area (Å²) >= 11 is 6.22. The van der Waals surface area contributed by atoms with E-state index >= 15 is 0 Å². The SMILES string of the molecule is NC(=O)C1(Nc2ccccc2Cl)CCCc2ccccc21. The van der Waals surface area contributed by atoms with Crippen LogP contribution in [-0.4, -0.2) is 5.91 Å². The molecule has 0 aliphatic heterocycles. The lowest BCUT2D eigenvalue weighted by Crippen LogP contribution is -2.49. The number of hydrogen-bond donors (Lipinski definition) is 2. The molecule has 4 heteroatoms. The maximum Gasteiger partial charge on any atom is 0.247 e. The first-order valence-corrected chi connectivity index (χ1v) is 7.42. The van der Waals surface area contributed by atoms with E-state index in [1.165, 1.54) is 5.56 Å². The quantitative estimate of drug-likeness (QED) is 0.912. The molecular weight excluding hydrogens is 284 g/mol. The van der Waals surface area contributed by atoms with Crippen LogP contribution in [0, 0.1) is 0 Å². The summed E-state index contributed by atoms with van der Waals surface area (Å²) in [6, 6.07) is 15.4. The van der Waals surface area contributed by atoms with Crippen LogP contribution in [0.1, 0.15) is 24.0 Å². The highest BCUT2D eigenvalue weighted by atomic mass is 35.5. The van der Waals surface area contributed by atoms with Gasteiger partial charge in [-0.15, -0.1) is 0 Å². The van der Waals surface area contributed by atoms with Crippen LogP contribution in [0.4, 0.5) is 5.69 Å². The minimum atomic E-state index is -0.889. The molecule has 1 aliphatic rings. The molecule has 0 saturated carbocycles. The highest BCUT2D eigenvalue weighted by molar-refractivity contribution is 6.33. The van der Waals surface area contributed by atoms with Crippen molar-refractivity contribution in [2.75, 3.05) is 5.32 Å². The monoisotopic (exact) mass is 300 g/mol. The lowest BCUT2D eigenvalue weighted by atomic mass is 9.75. The molecule has 21 heavy (non-hydrogen) atoms. The molecule has 1 amide bonds. The molecule has 3 rings (SSSR count). The first-order chi connectivity index (χ1) is 10.1. The number of fused-ring (bicyclic) bond motifs is 1. The zero-order chi connectivity index (χ0) is 14.9. The number of hydrogen-bond acceptors (Lipinski definition) is 2. The molecule has 0 fully saturated rings. The fraction of sp³-hybridized carbons (Fsp3) is 0.235. The van der Waals surface area contributed by atoms with Gasteiger partial charge in [-0.2, -0.15) is 0 Å². The minimum Gasteiger partial charge on any atom is -0.367 e. The summed E-state index contributed by atoms with van der Waals surface area (Å²) in [6.07, 6.45) is 2.55. The van der Waals surface area contributed by atoms with Crippen molar-refractivity contribution in [3.05, 3.63) is 64.7 Å². The summed E-state index contributed by atoms with van der Waals surface area (Å²) in [7, 11) is 0. The highest BCUT2D eigenvalue weighted by Gasteiger charge is 2.42. The number of para-hydroxylation sites is 1. The first kappa shape index (κ1) is 14.0. The fourth-order valence-corrected chi connectivity index (χ4v) is 3.26. The smallest absolute Gasteiger partial charge is 0.247 e. The lowest BCUT2D eigenvalue weighted by Gasteiger charge is -2.38. The number of halogens is 1. The molecule has 0 bridgehead atoms. The van der Waals surface area contributed by atoms with E-state index in [0.29, 0.717) is 11.4 Å². The van der Waals surface area contributed by atoms with Crippen LogP contribution in [0.25, 0.3) is 0 Å². The molecule has 1 unspecified atom stereocenters. The number of nitrogens with two attached hydrogens (primary N) is 1. The third-order valence-electron chi connectivity index (χ3n) is 4.12. The molecule has 2 aromatic rings. The molecule has 1 aliphatic carbocycles. The zero-order valence-electron chi connectivity index (χ0n) is 11.6. The molecule has 2 aromatic carbocycles. The van der Waals surface area contributed by atoms with Crippen molar-refractivity contribution in [1.82, 2.24) is 0 Å². The van der Waals surface area contributed by atoms with Crippen LogP contribution < -0.4 is 11.1 Å². The van der Waals surface area contributed by atoms with Crippen LogP contribution in [0.2, 0.25) is 5.02 Å². The van der Waals surface area contributed by atoms with E-state index in [-0.39, 0.29) is 5.91 Å². The van der Waals surface area contributed by atoms with E-state index < -0.39 is 5.54 Å². The average molecular weight is 301 g/mol. The first-order valence-electron chi connectivity index (χ1n) is 7.04. The Kier molecular flexibility index (Phi) is 3.60. The van der Waals surface area contributed by atoms with Gasteiger partial charge in [-0.3, -0.25) is 4.79 Å². The number of carbonyl (C=O) groups is 1. The molecular formula is C17H17ClN2O. The minimum absolute atomic E-state index is 0.366. The van der Waals surface area contributed by atoms with Gasteiger partial charge in [0.25, 0.3) is 0 Å². The van der Waals surface area contributed by atoms with Crippen LogP contribution in [-0.2, 0) is 16.8 Å². The topological polar surface area (TPSA) is 55.1 Å². The number of rotatable bonds is 3. The van der Waals surface area contributed by atoms with Gasteiger partial charge in [0.1, 0.15) is 5.54 Å². The predicted octanol–water partition coefficient (Wildman–Crippen LogP) is 3.47. The van der Waals surface area contributed by atoms with Gasteiger partial charge in [0.15, 0.2) is 0 Å². The molecule has 108 valence electrons. The van der Waals surface area contributed by atoms with E-state index in [1.54, 1.807) is 6.07 Å². The van der Waals surface area contributed by atoms with Gasteiger partial charge in [0.2, 0.25) is 5.91 Å². The molecule has 0 radical (unpaired) electrons. The molecule has 3 N–H and O–H groups in total. The second-order valence-electron chi connectivity index (χ2n) is 5.39. The molecule has 0 heterocycles. The number of nitrogens with one attached hydrogen (secondary N) is 1. The Hall–Kier alpha value is -2.00. The third-order valence-corrected chi connectivity index (χ3v) is 4.45. The lowest BCUT2D eigenvalue weighted by molar-refractivity contribution is -0.123. The second kappa shape index (κ2) is 5.41. The van der Waals surface area contributed by atoms with Crippen molar-refractivity contribution in [2.24, 2.45) is 5.73 Å². The van der Waals surface area contributed by atoms with Gasteiger partial charge >= 0.3 is 0 Å². The van der Waals surface area contributed by atoms with Gasteiger partial charge in [-0.05, 0) is 42.5 Å². The van der Waals surface area contributed by atoms with Gasteiger partial charge in [0.05, 0.1) is 10.7 Å². The van der Waals surface area contributed by atoms with Gasteiger partial charge in [0, 0.05) is 0 Å². The number of amides is 1. The molecule has 0 spiro atoms. The van der Waals surface area contributed by atoms with E-state index in [0.717, 1.165) is 24.1 Å². The molecule has 0 saturated heterocycles. The Balaban J connectivity index is 2.11. The summed E-state index contributed by atoms with van der Waals surface area (Å²) in [5.41, 5.74) is 7.74. The average Bonchev–Trinajstić information content (AvgIpc) is 2.49. The Morgan fingerprint density at radius 3 is 2.62 bits per heavy atom. The van der Waals surface area contributed by atoms with Crippen LogP contribution in [0.5, 0.6) is 0 Å². The number of benzene rings is 2. The summed E-state index contributed by atoms with van der Waals surface area (Å²) in [6.45, 7) is 0. The van der Waals surface area contributed by atoms with Crippen LogP contribution in [0.15, 0.2) is 48.5 Å². The summed E-state index contributed by atoms with van der Waals surface area (Å²) in [5.74, 6) is -0.366. The van der Waals surface area contributed by atoms with Crippen molar-refractivity contribution in [2.45, 2.75) is 24.8 Å².